The van der Waals surface area contributed by atoms with E-state index in [4.69, 9.17) is 0 Å². The molecule has 0 saturated carbocycles. The summed E-state index contributed by atoms with van der Waals surface area (Å²) in [7, 11) is 0. The maximum absolute atomic E-state index is 10.2. The van der Waals surface area contributed by atoms with Crippen LogP contribution >= 0.6 is 11.8 Å². The van der Waals surface area contributed by atoms with Crippen LogP contribution in [0.3, 0.4) is 0 Å². The van der Waals surface area contributed by atoms with Gasteiger partial charge in [0.25, 0.3) is 0 Å². The fourth-order valence-electron chi connectivity index (χ4n) is 9.34. The van der Waals surface area contributed by atoms with Gasteiger partial charge in [0.2, 0.25) is 0 Å². The summed E-state index contributed by atoms with van der Waals surface area (Å²) in [6, 6.07) is 71.0. The maximum Gasteiger partial charge on any atom is 0.0991 e. The van der Waals surface area contributed by atoms with Gasteiger partial charge in [-0.15, -0.1) is 0 Å². The predicted octanol–water partition coefficient (Wildman–Crippen LogP) is 13.7. The van der Waals surface area contributed by atoms with Gasteiger partial charge >= 0.3 is 0 Å². The molecule has 1 nitrogen and oxygen atoms in total. The molecule has 11 rings (SSSR count). The van der Waals surface area contributed by atoms with E-state index in [0.717, 1.165) is 0 Å². The Morgan fingerprint density at radius 1 is 0.370 bits per heavy atom. The lowest BCUT2D eigenvalue weighted by atomic mass is 9.66. The molecule has 0 aromatic heterocycles. The molecule has 0 saturated heterocycles. The van der Waals surface area contributed by atoms with Gasteiger partial charge in [0.05, 0.1) is 17.0 Å². The molecule has 250 valence electrons. The summed E-state index contributed by atoms with van der Waals surface area (Å²) in [5.41, 5.74) is 14.8. The Labute approximate surface area is 318 Å². The molecule has 1 aliphatic carbocycles. The van der Waals surface area contributed by atoms with Crippen molar-refractivity contribution >= 4 is 33.3 Å². The van der Waals surface area contributed by atoms with Crippen LogP contribution in [0.15, 0.2) is 198 Å². The van der Waals surface area contributed by atoms with Crippen molar-refractivity contribution in [1.82, 2.24) is 0 Å². The fraction of sp³-hybridized carbons (Fsp3) is 0.0192. The normalized spacial score (nSPS) is 15.0. The first-order chi connectivity index (χ1) is 26.7. The molecule has 0 radical (unpaired) electrons. The Morgan fingerprint density at radius 2 is 0.889 bits per heavy atom. The molecular weight excluding hydrogens is 671 g/mol. The molecule has 54 heavy (non-hydrogen) atoms. The summed E-state index contributed by atoms with van der Waals surface area (Å²) in [5, 5.41) is 15.1. The van der Waals surface area contributed by atoms with Crippen molar-refractivity contribution in [1.29, 1.82) is 5.26 Å². The summed E-state index contributed by atoms with van der Waals surface area (Å²) < 4.78 is 0. The van der Waals surface area contributed by atoms with E-state index in [9.17, 15) is 5.26 Å². The van der Waals surface area contributed by atoms with Gasteiger partial charge < -0.3 is 0 Å². The van der Waals surface area contributed by atoms with Crippen LogP contribution in [-0.4, -0.2) is 0 Å². The minimum Gasteiger partial charge on any atom is -0.192 e. The lowest BCUT2D eigenvalue weighted by molar-refractivity contribution is 0.722. The van der Waals surface area contributed by atoms with Gasteiger partial charge in [-0.1, -0.05) is 169 Å². The van der Waals surface area contributed by atoms with Crippen LogP contribution in [0.5, 0.6) is 0 Å². The van der Waals surface area contributed by atoms with Crippen LogP contribution in [-0.2, 0) is 5.41 Å². The van der Waals surface area contributed by atoms with Crippen molar-refractivity contribution in [2.75, 3.05) is 0 Å². The van der Waals surface area contributed by atoms with Gasteiger partial charge in [0.1, 0.15) is 0 Å². The lowest BCUT2D eigenvalue weighted by Crippen LogP contribution is -2.32. The first-order valence-electron chi connectivity index (χ1n) is 18.4. The maximum atomic E-state index is 10.2. The van der Waals surface area contributed by atoms with Crippen LogP contribution in [0.1, 0.15) is 27.8 Å². The topological polar surface area (TPSA) is 23.8 Å². The van der Waals surface area contributed by atoms with Gasteiger partial charge in [-0.3, -0.25) is 0 Å². The summed E-state index contributed by atoms with van der Waals surface area (Å²) in [4.78, 5) is 2.49. The van der Waals surface area contributed by atoms with E-state index in [1.807, 2.05) is 17.8 Å². The number of nitrogens with zero attached hydrogens (tertiary/aromatic N) is 1. The largest absolute Gasteiger partial charge is 0.192 e. The van der Waals surface area contributed by atoms with Crippen LogP contribution in [0.2, 0.25) is 0 Å². The Morgan fingerprint density at radius 3 is 1.59 bits per heavy atom. The Kier molecular flexibility index (Phi) is 6.83. The molecule has 0 N–H and O–H groups in total. The molecular formula is C52H31NS. The zero-order chi connectivity index (χ0) is 35.8. The Hall–Kier alpha value is -6.66. The van der Waals surface area contributed by atoms with Crippen LogP contribution in [0.25, 0.3) is 66.1 Å². The summed E-state index contributed by atoms with van der Waals surface area (Å²) >= 11 is 1.85. The quantitative estimate of drug-likeness (QED) is 0.171. The minimum atomic E-state index is -0.571. The second-order valence-electron chi connectivity index (χ2n) is 14.3. The van der Waals surface area contributed by atoms with Crippen LogP contribution < -0.4 is 0 Å². The number of benzene rings is 9. The van der Waals surface area contributed by atoms with E-state index >= 15 is 0 Å². The highest BCUT2D eigenvalue weighted by Crippen LogP contribution is 2.62. The van der Waals surface area contributed by atoms with Crippen molar-refractivity contribution < 1.29 is 0 Å². The molecule has 2 heteroatoms. The lowest BCUT2D eigenvalue weighted by Gasteiger charge is -2.40. The molecule has 0 amide bonds. The molecule has 1 aliphatic heterocycles. The molecule has 1 heterocycles. The number of nitriles is 1. The average Bonchev–Trinajstić information content (AvgIpc) is 3.53. The van der Waals surface area contributed by atoms with E-state index in [1.165, 1.54) is 98.1 Å². The third-order valence-electron chi connectivity index (χ3n) is 11.6. The Bertz CT molecular complexity index is 2970. The highest BCUT2D eigenvalue weighted by atomic mass is 32.2. The van der Waals surface area contributed by atoms with Crippen LogP contribution in [0, 0.1) is 11.3 Å². The van der Waals surface area contributed by atoms with Gasteiger partial charge in [-0.2, -0.15) is 5.26 Å². The molecule has 1 unspecified atom stereocenters. The average molecular weight is 702 g/mol. The highest BCUT2D eigenvalue weighted by Gasteiger charge is 2.50. The zero-order valence-corrected chi connectivity index (χ0v) is 30.1. The van der Waals surface area contributed by atoms with Crippen molar-refractivity contribution in [3.8, 4) is 50.6 Å². The van der Waals surface area contributed by atoms with Gasteiger partial charge in [-0.25, -0.2) is 0 Å². The number of hydrogen-bond donors (Lipinski definition) is 0. The second kappa shape index (κ2) is 11.9. The molecule has 1 atom stereocenters. The van der Waals surface area contributed by atoms with Crippen molar-refractivity contribution in [2.45, 2.75) is 15.2 Å². The number of hydrogen-bond acceptors (Lipinski definition) is 2. The van der Waals surface area contributed by atoms with Crippen molar-refractivity contribution in [3.05, 3.63) is 216 Å². The van der Waals surface area contributed by atoms with Gasteiger partial charge in [-0.05, 0) is 119 Å². The third-order valence-corrected chi connectivity index (χ3v) is 12.7. The zero-order valence-electron chi connectivity index (χ0n) is 29.3. The fourth-order valence-corrected chi connectivity index (χ4v) is 10.5. The Balaban J connectivity index is 1.19. The standard InChI is InChI=1S/C52H31NS/c53-32-33-22-28-39-38-14-8-9-19-44(38)52(46(39)30-33)45-20-10-11-21-48(45)54-49-29-27-37(31-47(49)52)51-42-17-6-4-15-40(42)50(41-16-5-7-18-43(41)51)36-25-23-35(24-26-36)34-12-2-1-3-13-34/h1-31H. The van der Waals surface area contributed by atoms with Crippen LogP contribution in [0.4, 0.5) is 0 Å². The van der Waals surface area contributed by atoms with E-state index in [1.54, 1.807) is 0 Å². The molecule has 2 aliphatic rings. The van der Waals surface area contributed by atoms with Gasteiger partial charge in [0, 0.05) is 9.79 Å². The van der Waals surface area contributed by atoms with Crippen molar-refractivity contribution in [3.63, 3.8) is 0 Å². The second-order valence-corrected chi connectivity index (χ2v) is 15.3. The monoisotopic (exact) mass is 701 g/mol. The van der Waals surface area contributed by atoms with Gasteiger partial charge in [0.15, 0.2) is 0 Å². The predicted molar refractivity (Wildman–Crippen MR) is 224 cm³/mol. The number of fused-ring (bicyclic) bond motifs is 11. The molecule has 0 fully saturated rings. The SMILES string of the molecule is N#Cc1ccc2c(c1)C1(c3ccccc3Sc3ccc(-c4c5ccccc5c(-c5ccc(-c6ccccc6)cc5)c5ccccc45)cc31)c1ccccc1-2. The number of rotatable bonds is 3. The summed E-state index contributed by atoms with van der Waals surface area (Å²) in [5.74, 6) is 0. The third kappa shape index (κ3) is 4.34. The van der Waals surface area contributed by atoms with E-state index in [-0.39, 0.29) is 0 Å². The molecule has 9 aromatic rings. The van der Waals surface area contributed by atoms with Crippen molar-refractivity contribution in [2.24, 2.45) is 0 Å². The summed E-state index contributed by atoms with van der Waals surface area (Å²) in [6.45, 7) is 0. The first-order valence-corrected chi connectivity index (χ1v) is 19.2. The van der Waals surface area contributed by atoms with E-state index < -0.39 is 5.41 Å². The first kappa shape index (κ1) is 30.9. The minimum absolute atomic E-state index is 0.571. The summed E-state index contributed by atoms with van der Waals surface area (Å²) in [6.07, 6.45) is 0. The van der Waals surface area contributed by atoms with E-state index in [0.29, 0.717) is 5.56 Å². The smallest absolute Gasteiger partial charge is 0.0991 e. The highest BCUT2D eigenvalue weighted by molar-refractivity contribution is 7.99. The molecule has 0 bridgehead atoms. The van der Waals surface area contributed by atoms with E-state index in [2.05, 4.69) is 188 Å². The molecule has 1 spiro atoms. The molecule has 9 aromatic carbocycles.